The minimum Gasteiger partial charge on any atom is -0.383 e. The topological polar surface area (TPSA) is 55.6 Å². The molecule has 0 bridgehead atoms. The Hall–Kier alpha value is -1.39. The molecule has 1 rings (SSSR count). The van der Waals surface area contributed by atoms with Crippen LogP contribution in [0.2, 0.25) is 0 Å². The van der Waals surface area contributed by atoms with Gasteiger partial charge in [0.1, 0.15) is 0 Å². The van der Waals surface area contributed by atoms with Crippen molar-refractivity contribution in [3.63, 3.8) is 0 Å². The molecule has 0 aromatic heterocycles. The Morgan fingerprint density at radius 2 is 1.84 bits per heavy atom. The van der Waals surface area contributed by atoms with Crippen LogP contribution in [0.4, 0.5) is 0 Å². The Labute approximate surface area is 115 Å². The van der Waals surface area contributed by atoms with Crippen LogP contribution in [0.15, 0.2) is 12.1 Å². The number of carbonyl (C=O) groups is 1. The molecule has 0 heterocycles. The average molecular weight is 264 g/mol. The van der Waals surface area contributed by atoms with E-state index in [0.29, 0.717) is 19.7 Å². The first-order valence-electron chi connectivity index (χ1n) is 6.53. The maximum absolute atomic E-state index is 11.9. The fourth-order valence-electron chi connectivity index (χ4n) is 2.27. The molecule has 0 atom stereocenters. The molecular weight excluding hydrogens is 240 g/mol. The zero-order valence-electron chi connectivity index (χ0n) is 12.3. The van der Waals surface area contributed by atoms with Gasteiger partial charge in [-0.15, -0.1) is 0 Å². The summed E-state index contributed by atoms with van der Waals surface area (Å²) in [5.41, 5.74) is 10.3. The fourth-order valence-corrected chi connectivity index (χ4v) is 2.27. The van der Waals surface area contributed by atoms with E-state index >= 15 is 0 Å². The molecule has 0 spiro atoms. The van der Waals surface area contributed by atoms with E-state index in [-0.39, 0.29) is 12.5 Å². The van der Waals surface area contributed by atoms with Crippen LogP contribution in [0.1, 0.15) is 22.3 Å². The smallest absolute Gasteiger partial charge is 0.236 e. The molecule has 4 heteroatoms. The van der Waals surface area contributed by atoms with Crippen LogP contribution in [0.3, 0.4) is 0 Å². The van der Waals surface area contributed by atoms with Gasteiger partial charge in [-0.1, -0.05) is 17.7 Å². The van der Waals surface area contributed by atoms with Gasteiger partial charge in [0.2, 0.25) is 5.91 Å². The van der Waals surface area contributed by atoms with Crippen molar-refractivity contribution in [2.75, 3.05) is 26.8 Å². The molecule has 19 heavy (non-hydrogen) atoms. The molecule has 106 valence electrons. The molecule has 0 aliphatic carbocycles. The summed E-state index contributed by atoms with van der Waals surface area (Å²) in [7, 11) is 1.63. The first kappa shape index (κ1) is 15.7. The second-order valence-corrected chi connectivity index (χ2v) is 4.89. The van der Waals surface area contributed by atoms with Crippen LogP contribution in [-0.2, 0) is 16.1 Å². The second kappa shape index (κ2) is 7.26. The fraction of sp³-hybridized carbons (Fsp3) is 0.533. The number of nitrogens with zero attached hydrogens (tertiary/aromatic N) is 1. The summed E-state index contributed by atoms with van der Waals surface area (Å²) in [5.74, 6) is -0.0450. The predicted octanol–water partition coefficient (Wildman–Crippen LogP) is 1.55. The molecule has 0 radical (unpaired) electrons. The van der Waals surface area contributed by atoms with Crippen LogP contribution in [-0.4, -0.2) is 37.6 Å². The monoisotopic (exact) mass is 264 g/mol. The number of methoxy groups -OCH3 is 1. The van der Waals surface area contributed by atoms with Crippen LogP contribution in [0.25, 0.3) is 0 Å². The Morgan fingerprint density at radius 1 is 1.26 bits per heavy atom. The van der Waals surface area contributed by atoms with E-state index in [4.69, 9.17) is 10.5 Å². The summed E-state index contributed by atoms with van der Waals surface area (Å²) in [5, 5.41) is 0. The van der Waals surface area contributed by atoms with Gasteiger partial charge in [-0.3, -0.25) is 4.79 Å². The molecular formula is C15H24N2O2. The number of aryl methyl sites for hydroxylation is 3. The number of benzene rings is 1. The quantitative estimate of drug-likeness (QED) is 0.848. The van der Waals surface area contributed by atoms with Crippen LogP contribution in [0, 0.1) is 20.8 Å². The average Bonchev–Trinajstić information content (AvgIpc) is 2.36. The zero-order chi connectivity index (χ0) is 14.4. The third-order valence-electron chi connectivity index (χ3n) is 3.28. The van der Waals surface area contributed by atoms with Crippen LogP contribution >= 0.6 is 0 Å². The van der Waals surface area contributed by atoms with Crippen molar-refractivity contribution < 1.29 is 9.53 Å². The molecule has 0 aliphatic rings. The first-order valence-corrected chi connectivity index (χ1v) is 6.53. The molecule has 1 amide bonds. The molecule has 4 nitrogen and oxygen atoms in total. The Kier molecular flexibility index (Phi) is 5.99. The van der Waals surface area contributed by atoms with Gasteiger partial charge in [-0.2, -0.15) is 0 Å². The minimum atomic E-state index is -0.0450. The third kappa shape index (κ3) is 4.33. The summed E-state index contributed by atoms with van der Waals surface area (Å²) in [6.45, 7) is 7.96. The van der Waals surface area contributed by atoms with Gasteiger partial charge in [-0.25, -0.2) is 0 Å². The Bertz CT molecular complexity index is 421. The van der Waals surface area contributed by atoms with E-state index in [1.807, 2.05) is 0 Å². The maximum Gasteiger partial charge on any atom is 0.236 e. The van der Waals surface area contributed by atoms with Gasteiger partial charge in [0.15, 0.2) is 0 Å². The standard InChI is InChI=1S/C15H24N2O2/c1-11-7-12(2)14(13(3)8-11)10-17(5-6-19-4)15(18)9-16/h7-8H,5-6,9-10,16H2,1-4H3. The van der Waals surface area contributed by atoms with Crippen LogP contribution < -0.4 is 5.73 Å². The highest BCUT2D eigenvalue weighted by Crippen LogP contribution is 2.18. The van der Waals surface area contributed by atoms with Gasteiger partial charge in [0, 0.05) is 20.2 Å². The summed E-state index contributed by atoms with van der Waals surface area (Å²) < 4.78 is 5.05. The highest BCUT2D eigenvalue weighted by Gasteiger charge is 2.14. The molecule has 1 aromatic rings. The van der Waals surface area contributed by atoms with Crippen molar-refractivity contribution in [2.24, 2.45) is 5.73 Å². The Balaban J connectivity index is 2.92. The van der Waals surface area contributed by atoms with Gasteiger partial charge in [-0.05, 0) is 37.5 Å². The normalized spacial score (nSPS) is 10.6. The van der Waals surface area contributed by atoms with E-state index in [1.54, 1.807) is 12.0 Å². The van der Waals surface area contributed by atoms with E-state index in [2.05, 4.69) is 32.9 Å². The van der Waals surface area contributed by atoms with Crippen molar-refractivity contribution in [2.45, 2.75) is 27.3 Å². The van der Waals surface area contributed by atoms with E-state index in [9.17, 15) is 4.79 Å². The van der Waals surface area contributed by atoms with E-state index in [1.165, 1.54) is 22.3 Å². The summed E-state index contributed by atoms with van der Waals surface area (Å²) >= 11 is 0. The molecule has 0 unspecified atom stereocenters. The second-order valence-electron chi connectivity index (χ2n) is 4.89. The zero-order valence-corrected chi connectivity index (χ0v) is 12.3. The number of amides is 1. The lowest BCUT2D eigenvalue weighted by molar-refractivity contribution is -0.130. The van der Waals surface area contributed by atoms with Gasteiger partial charge >= 0.3 is 0 Å². The Morgan fingerprint density at radius 3 is 2.32 bits per heavy atom. The van der Waals surface area contributed by atoms with Gasteiger partial charge in [0.05, 0.1) is 13.2 Å². The lowest BCUT2D eigenvalue weighted by Crippen LogP contribution is -2.38. The third-order valence-corrected chi connectivity index (χ3v) is 3.28. The number of nitrogens with two attached hydrogens (primary N) is 1. The number of ether oxygens (including phenoxy) is 1. The van der Waals surface area contributed by atoms with E-state index in [0.717, 1.165) is 0 Å². The van der Waals surface area contributed by atoms with Crippen molar-refractivity contribution in [3.8, 4) is 0 Å². The largest absolute Gasteiger partial charge is 0.383 e. The number of hydrogen-bond acceptors (Lipinski definition) is 3. The number of carbonyl (C=O) groups excluding carboxylic acids is 1. The number of hydrogen-bond donors (Lipinski definition) is 1. The lowest BCUT2D eigenvalue weighted by atomic mass is 9.99. The predicted molar refractivity (Wildman–Crippen MR) is 77.0 cm³/mol. The molecule has 2 N–H and O–H groups in total. The molecule has 1 aromatic carbocycles. The lowest BCUT2D eigenvalue weighted by Gasteiger charge is -2.24. The molecule has 0 saturated heterocycles. The van der Waals surface area contributed by atoms with Crippen molar-refractivity contribution in [1.29, 1.82) is 0 Å². The van der Waals surface area contributed by atoms with Crippen molar-refractivity contribution in [3.05, 3.63) is 34.4 Å². The summed E-state index contributed by atoms with van der Waals surface area (Å²) in [4.78, 5) is 13.6. The van der Waals surface area contributed by atoms with Crippen LogP contribution in [0.5, 0.6) is 0 Å². The highest BCUT2D eigenvalue weighted by molar-refractivity contribution is 5.78. The van der Waals surface area contributed by atoms with Crippen molar-refractivity contribution in [1.82, 2.24) is 4.90 Å². The molecule has 0 saturated carbocycles. The summed E-state index contributed by atoms with van der Waals surface area (Å²) in [6.07, 6.45) is 0. The number of rotatable bonds is 6. The van der Waals surface area contributed by atoms with E-state index < -0.39 is 0 Å². The molecule has 0 fully saturated rings. The molecule has 0 aliphatic heterocycles. The van der Waals surface area contributed by atoms with Gasteiger partial charge in [0.25, 0.3) is 0 Å². The summed E-state index contributed by atoms with van der Waals surface area (Å²) in [6, 6.07) is 4.29. The highest BCUT2D eigenvalue weighted by atomic mass is 16.5. The first-order chi connectivity index (χ1) is 8.99. The minimum absolute atomic E-state index is 0.0354. The van der Waals surface area contributed by atoms with Gasteiger partial charge < -0.3 is 15.4 Å². The maximum atomic E-state index is 11.9. The SMILES string of the molecule is COCCN(Cc1c(C)cc(C)cc1C)C(=O)CN. The van der Waals surface area contributed by atoms with Crippen molar-refractivity contribution >= 4 is 5.91 Å².